The highest BCUT2D eigenvalue weighted by Crippen LogP contribution is 2.14. The molecule has 0 unspecified atom stereocenters. The number of halogens is 1. The van der Waals surface area contributed by atoms with Gasteiger partial charge in [0.1, 0.15) is 6.61 Å². The van der Waals surface area contributed by atoms with Crippen LogP contribution in [0.2, 0.25) is 0 Å². The van der Waals surface area contributed by atoms with Gasteiger partial charge in [-0.05, 0) is 29.8 Å². The standard InChI is InChI=1S/C14H10BrNO4/c15-12-5-1-10(2-6-12)9-20-14(17)11-3-7-13(8-4-11)16(18)19/h1-8H,9H2. The molecule has 2 aromatic rings. The summed E-state index contributed by atoms with van der Waals surface area (Å²) < 4.78 is 6.08. The molecule has 0 saturated heterocycles. The maximum atomic E-state index is 11.8. The number of nitro benzene ring substituents is 1. The normalized spacial score (nSPS) is 10.1. The van der Waals surface area contributed by atoms with E-state index in [1.165, 1.54) is 24.3 Å². The fraction of sp³-hybridized carbons (Fsp3) is 0.0714. The molecule has 2 rings (SSSR count). The summed E-state index contributed by atoms with van der Waals surface area (Å²) in [4.78, 5) is 21.8. The van der Waals surface area contributed by atoms with Crippen LogP contribution in [0.25, 0.3) is 0 Å². The topological polar surface area (TPSA) is 69.4 Å². The molecular weight excluding hydrogens is 326 g/mol. The van der Waals surface area contributed by atoms with Crippen LogP contribution in [0.15, 0.2) is 53.0 Å². The number of carbonyl (C=O) groups excluding carboxylic acids is 1. The molecule has 0 radical (unpaired) electrons. The number of rotatable bonds is 4. The summed E-state index contributed by atoms with van der Waals surface area (Å²) in [5.41, 5.74) is 1.09. The van der Waals surface area contributed by atoms with Crippen molar-refractivity contribution in [1.29, 1.82) is 0 Å². The van der Waals surface area contributed by atoms with E-state index >= 15 is 0 Å². The highest BCUT2D eigenvalue weighted by atomic mass is 79.9. The van der Waals surface area contributed by atoms with Gasteiger partial charge in [0.05, 0.1) is 10.5 Å². The quantitative estimate of drug-likeness (QED) is 0.485. The first-order chi connectivity index (χ1) is 9.56. The van der Waals surface area contributed by atoms with Crippen molar-refractivity contribution in [2.24, 2.45) is 0 Å². The van der Waals surface area contributed by atoms with Crippen molar-refractivity contribution in [3.8, 4) is 0 Å². The van der Waals surface area contributed by atoms with Gasteiger partial charge >= 0.3 is 5.97 Å². The molecule has 0 amide bonds. The highest BCUT2D eigenvalue weighted by molar-refractivity contribution is 9.10. The zero-order chi connectivity index (χ0) is 14.5. The molecule has 2 aromatic carbocycles. The van der Waals surface area contributed by atoms with Gasteiger partial charge in [0.2, 0.25) is 0 Å². The number of carbonyl (C=O) groups is 1. The molecule has 0 aliphatic heterocycles. The van der Waals surface area contributed by atoms with E-state index in [4.69, 9.17) is 4.74 Å². The second-order valence-electron chi connectivity index (χ2n) is 4.01. The lowest BCUT2D eigenvalue weighted by Gasteiger charge is -2.05. The molecule has 0 aromatic heterocycles. The predicted octanol–water partition coefficient (Wildman–Crippen LogP) is 3.71. The minimum Gasteiger partial charge on any atom is -0.457 e. The van der Waals surface area contributed by atoms with Gasteiger partial charge in [-0.3, -0.25) is 10.1 Å². The van der Waals surface area contributed by atoms with Crippen molar-refractivity contribution in [2.45, 2.75) is 6.61 Å². The van der Waals surface area contributed by atoms with E-state index < -0.39 is 10.9 Å². The van der Waals surface area contributed by atoms with E-state index in [1.54, 1.807) is 0 Å². The van der Waals surface area contributed by atoms with Crippen molar-refractivity contribution in [3.63, 3.8) is 0 Å². The summed E-state index contributed by atoms with van der Waals surface area (Å²) in [6.45, 7) is 0.156. The van der Waals surface area contributed by atoms with Crippen molar-refractivity contribution in [2.75, 3.05) is 0 Å². The number of hydrogen-bond acceptors (Lipinski definition) is 4. The summed E-state index contributed by atoms with van der Waals surface area (Å²) in [5.74, 6) is -0.511. The zero-order valence-electron chi connectivity index (χ0n) is 10.3. The molecular formula is C14H10BrNO4. The lowest BCUT2D eigenvalue weighted by Crippen LogP contribution is -2.05. The molecule has 0 heterocycles. The summed E-state index contributed by atoms with van der Waals surface area (Å²) in [6.07, 6.45) is 0. The molecule has 0 saturated carbocycles. The van der Waals surface area contributed by atoms with E-state index in [9.17, 15) is 14.9 Å². The molecule has 0 bridgehead atoms. The second kappa shape index (κ2) is 6.29. The number of non-ortho nitro benzene ring substituents is 1. The van der Waals surface area contributed by atoms with Gasteiger partial charge in [-0.1, -0.05) is 28.1 Å². The summed E-state index contributed by atoms with van der Waals surface area (Å²) >= 11 is 3.32. The van der Waals surface area contributed by atoms with Crippen LogP contribution in [0.1, 0.15) is 15.9 Å². The average Bonchev–Trinajstić information content (AvgIpc) is 2.46. The SMILES string of the molecule is O=C(OCc1ccc(Br)cc1)c1ccc([N+](=O)[O-])cc1. The Morgan fingerprint density at radius 2 is 1.70 bits per heavy atom. The van der Waals surface area contributed by atoms with Gasteiger partial charge in [-0.2, -0.15) is 0 Å². The Morgan fingerprint density at radius 1 is 1.10 bits per heavy atom. The molecule has 102 valence electrons. The average molecular weight is 336 g/mol. The molecule has 0 spiro atoms. The molecule has 0 N–H and O–H groups in total. The monoisotopic (exact) mass is 335 g/mol. The van der Waals surface area contributed by atoms with Crippen LogP contribution in [0.5, 0.6) is 0 Å². The summed E-state index contributed by atoms with van der Waals surface area (Å²) in [6, 6.07) is 12.7. The third kappa shape index (κ3) is 3.64. The Labute approximate surface area is 123 Å². The Hall–Kier alpha value is -2.21. The molecule has 0 aliphatic carbocycles. The predicted molar refractivity (Wildman–Crippen MR) is 76.4 cm³/mol. The first-order valence-electron chi connectivity index (χ1n) is 5.72. The van der Waals surface area contributed by atoms with Crippen LogP contribution in [0, 0.1) is 10.1 Å². The van der Waals surface area contributed by atoms with Crippen LogP contribution in [0.4, 0.5) is 5.69 Å². The van der Waals surface area contributed by atoms with Gasteiger partial charge in [-0.15, -0.1) is 0 Å². The number of nitro groups is 1. The number of nitrogens with zero attached hydrogens (tertiary/aromatic N) is 1. The van der Waals surface area contributed by atoms with E-state index in [0.29, 0.717) is 0 Å². The first-order valence-corrected chi connectivity index (χ1v) is 6.51. The largest absolute Gasteiger partial charge is 0.457 e. The van der Waals surface area contributed by atoms with E-state index in [1.807, 2.05) is 24.3 Å². The van der Waals surface area contributed by atoms with Gasteiger partial charge in [0.25, 0.3) is 5.69 Å². The third-order valence-corrected chi connectivity index (χ3v) is 3.13. The van der Waals surface area contributed by atoms with E-state index in [0.717, 1.165) is 10.0 Å². The molecule has 20 heavy (non-hydrogen) atoms. The molecule has 0 aliphatic rings. The summed E-state index contributed by atoms with van der Waals surface area (Å²) in [7, 11) is 0. The van der Waals surface area contributed by atoms with Crippen molar-refractivity contribution in [1.82, 2.24) is 0 Å². The lowest BCUT2D eigenvalue weighted by molar-refractivity contribution is -0.384. The Kier molecular flexibility index (Phi) is 4.47. The van der Waals surface area contributed by atoms with Crippen LogP contribution in [-0.2, 0) is 11.3 Å². The van der Waals surface area contributed by atoms with Gasteiger partial charge in [-0.25, -0.2) is 4.79 Å². The molecule has 5 nitrogen and oxygen atoms in total. The molecule has 0 fully saturated rings. The zero-order valence-corrected chi connectivity index (χ0v) is 11.9. The smallest absolute Gasteiger partial charge is 0.338 e. The van der Waals surface area contributed by atoms with Crippen molar-refractivity contribution >= 4 is 27.6 Å². The van der Waals surface area contributed by atoms with Crippen LogP contribution in [-0.4, -0.2) is 10.9 Å². The van der Waals surface area contributed by atoms with Crippen LogP contribution < -0.4 is 0 Å². The third-order valence-electron chi connectivity index (χ3n) is 2.60. The van der Waals surface area contributed by atoms with Gasteiger partial charge in [0, 0.05) is 16.6 Å². The number of esters is 1. The molecule has 6 heteroatoms. The fourth-order valence-electron chi connectivity index (χ4n) is 1.53. The van der Waals surface area contributed by atoms with Crippen LogP contribution in [0.3, 0.4) is 0 Å². The molecule has 0 atom stereocenters. The minimum atomic E-state index is -0.517. The van der Waals surface area contributed by atoms with Crippen molar-refractivity contribution in [3.05, 3.63) is 74.2 Å². The number of ether oxygens (including phenoxy) is 1. The number of benzene rings is 2. The van der Waals surface area contributed by atoms with Gasteiger partial charge < -0.3 is 4.74 Å². The van der Waals surface area contributed by atoms with Crippen LogP contribution >= 0.6 is 15.9 Å². The van der Waals surface area contributed by atoms with Crippen molar-refractivity contribution < 1.29 is 14.5 Å². The highest BCUT2D eigenvalue weighted by Gasteiger charge is 2.10. The maximum absolute atomic E-state index is 11.8. The van der Waals surface area contributed by atoms with E-state index in [2.05, 4.69) is 15.9 Å². The summed E-state index contributed by atoms with van der Waals surface area (Å²) in [5, 5.41) is 10.5. The maximum Gasteiger partial charge on any atom is 0.338 e. The lowest BCUT2D eigenvalue weighted by atomic mass is 10.2. The first kappa shape index (κ1) is 14.2. The minimum absolute atomic E-state index is 0.0607. The van der Waals surface area contributed by atoms with E-state index in [-0.39, 0.29) is 17.9 Å². The Balaban J connectivity index is 1.97. The second-order valence-corrected chi connectivity index (χ2v) is 4.92. The van der Waals surface area contributed by atoms with Gasteiger partial charge in [0.15, 0.2) is 0 Å². The Morgan fingerprint density at radius 3 is 2.25 bits per heavy atom. The fourth-order valence-corrected chi connectivity index (χ4v) is 1.80. The number of hydrogen-bond donors (Lipinski definition) is 0. The Bertz CT molecular complexity index is 623.